The van der Waals surface area contributed by atoms with Gasteiger partial charge < -0.3 is 9.47 Å². The van der Waals surface area contributed by atoms with E-state index in [1.54, 1.807) is 42.5 Å². The molecule has 52 heavy (non-hydrogen) atoms. The van der Waals surface area contributed by atoms with Crippen molar-refractivity contribution in [3.05, 3.63) is 116 Å². The van der Waals surface area contributed by atoms with Crippen molar-refractivity contribution in [3.8, 4) is 48.6 Å². The fraction of sp³-hybridized carbons (Fsp3) is 0.111. The summed E-state index contributed by atoms with van der Waals surface area (Å²) in [5.41, 5.74) is -5.54. The molecule has 0 N–H and O–H groups in total. The zero-order valence-corrected chi connectivity index (χ0v) is 25.4. The van der Waals surface area contributed by atoms with Crippen molar-refractivity contribution in [3.63, 3.8) is 0 Å². The Bertz CT molecular complexity index is 2500. The lowest BCUT2D eigenvalue weighted by atomic mass is 9.80. The molecule has 0 amide bonds. The SMILES string of the molecule is N#CC1=C(OC(F)(F)F)/C(=C(\C#N)c2cc(C#N)cc(C#N)c2)c2cc3c(cc21)C(C#N)=C(OC(F)(F)F)C3C(C#N)c1cc(C#N)cc(C#N)c1. The minimum absolute atomic E-state index is 0.152. The monoisotopic (exact) mass is 700 g/mol. The molecular formula is C36H10F6N8O2. The van der Waals surface area contributed by atoms with Crippen molar-refractivity contribution in [2.45, 2.75) is 24.6 Å². The number of ether oxygens (including phenoxy) is 2. The van der Waals surface area contributed by atoms with Gasteiger partial charge in [0.25, 0.3) is 0 Å². The second kappa shape index (κ2) is 13.1. The number of hydrogen-bond donors (Lipinski definition) is 0. The predicted octanol–water partition coefficient (Wildman–Crippen LogP) is 7.57. The molecule has 0 spiro atoms. The Hall–Kier alpha value is -8.02. The Balaban J connectivity index is 1.93. The van der Waals surface area contributed by atoms with E-state index < -0.39 is 63.9 Å². The lowest BCUT2D eigenvalue weighted by Gasteiger charge is -2.24. The molecule has 16 heteroatoms. The average Bonchev–Trinajstić information content (AvgIpc) is 3.55. The van der Waals surface area contributed by atoms with Crippen LogP contribution in [0, 0.1) is 90.6 Å². The summed E-state index contributed by atoms with van der Waals surface area (Å²) >= 11 is 0. The first-order chi connectivity index (χ1) is 24.6. The van der Waals surface area contributed by atoms with E-state index in [-0.39, 0.29) is 50.1 Å². The van der Waals surface area contributed by atoms with E-state index in [1.807, 2.05) is 6.07 Å². The Kier molecular flexibility index (Phi) is 8.90. The second-order valence-corrected chi connectivity index (χ2v) is 10.8. The van der Waals surface area contributed by atoms with Gasteiger partial charge in [0.05, 0.1) is 75.6 Å². The number of benzene rings is 3. The minimum atomic E-state index is -5.47. The van der Waals surface area contributed by atoms with E-state index in [1.165, 1.54) is 0 Å². The van der Waals surface area contributed by atoms with Crippen LogP contribution >= 0.6 is 0 Å². The zero-order valence-electron chi connectivity index (χ0n) is 25.4. The Morgan fingerprint density at radius 3 is 1.54 bits per heavy atom. The van der Waals surface area contributed by atoms with Crippen molar-refractivity contribution in [1.29, 1.82) is 42.1 Å². The highest BCUT2D eigenvalue weighted by molar-refractivity contribution is 6.14. The molecule has 0 saturated heterocycles. The molecule has 0 radical (unpaired) electrons. The van der Waals surface area contributed by atoms with Gasteiger partial charge in [-0.25, -0.2) is 0 Å². The molecule has 0 aromatic heterocycles. The summed E-state index contributed by atoms with van der Waals surface area (Å²) in [4.78, 5) is 0. The van der Waals surface area contributed by atoms with Crippen molar-refractivity contribution in [2.24, 2.45) is 0 Å². The van der Waals surface area contributed by atoms with Crippen LogP contribution in [0.2, 0.25) is 0 Å². The molecule has 3 aromatic rings. The standard InChI is InChI=1S/C36H10F6N8O2/c37-35(38,39)51-33-29(15-49)23-7-24-26(8-25(23)31(33)27(13-47)21-3-17(9-43)1-18(4-21)10-44)32(34(30(24)16-50)52-36(40,41)42)28(14-48)22-5-19(11-45)2-20(6-22)12-46/h1-8,27,31H/b32-28+. The molecule has 2 atom stereocenters. The molecule has 0 fully saturated rings. The first-order valence-corrected chi connectivity index (χ1v) is 14.1. The van der Waals surface area contributed by atoms with Gasteiger partial charge in [-0.1, -0.05) is 0 Å². The zero-order chi connectivity index (χ0) is 38.1. The highest BCUT2D eigenvalue weighted by Crippen LogP contribution is 2.55. The van der Waals surface area contributed by atoms with Crippen LogP contribution in [0.4, 0.5) is 26.3 Å². The molecule has 3 aromatic carbocycles. The quantitative estimate of drug-likeness (QED) is 0.188. The Labute approximate surface area is 288 Å². The third-order valence-corrected chi connectivity index (χ3v) is 7.87. The lowest BCUT2D eigenvalue weighted by molar-refractivity contribution is -0.307. The Morgan fingerprint density at radius 1 is 0.577 bits per heavy atom. The normalized spacial score (nSPS) is 15.9. The van der Waals surface area contributed by atoms with Crippen molar-refractivity contribution in [1.82, 2.24) is 0 Å². The lowest BCUT2D eigenvalue weighted by Crippen LogP contribution is -2.19. The maximum atomic E-state index is 13.9. The molecule has 0 aliphatic heterocycles. The van der Waals surface area contributed by atoms with Gasteiger partial charge in [0.2, 0.25) is 0 Å². The van der Waals surface area contributed by atoms with E-state index >= 15 is 0 Å². The summed E-state index contributed by atoms with van der Waals surface area (Å²) in [6.45, 7) is 0. The first-order valence-electron chi connectivity index (χ1n) is 14.1. The number of rotatable bonds is 5. The van der Waals surface area contributed by atoms with Crippen LogP contribution in [-0.2, 0) is 9.47 Å². The van der Waals surface area contributed by atoms with Gasteiger partial charge in [-0.3, -0.25) is 0 Å². The number of fused-ring (bicyclic) bond motifs is 2. The van der Waals surface area contributed by atoms with E-state index in [0.717, 1.165) is 48.5 Å². The topological polar surface area (TPSA) is 209 Å². The van der Waals surface area contributed by atoms with Gasteiger partial charge in [0, 0.05) is 16.7 Å². The molecule has 2 aliphatic carbocycles. The molecule has 10 nitrogen and oxygen atoms in total. The molecule has 0 saturated carbocycles. The number of hydrogen-bond acceptors (Lipinski definition) is 10. The van der Waals surface area contributed by atoms with Crippen LogP contribution in [0.3, 0.4) is 0 Å². The fourth-order valence-corrected chi connectivity index (χ4v) is 6.03. The van der Waals surface area contributed by atoms with Crippen molar-refractivity contribution in [2.75, 3.05) is 0 Å². The van der Waals surface area contributed by atoms with Crippen LogP contribution in [0.15, 0.2) is 60.0 Å². The smallest absolute Gasteiger partial charge is 0.408 e. The van der Waals surface area contributed by atoms with Gasteiger partial charge in [-0.2, -0.15) is 42.1 Å². The summed E-state index contributed by atoms with van der Waals surface area (Å²) in [6, 6.07) is 22.3. The number of allylic oxidation sites excluding steroid dienone is 5. The number of nitriles is 8. The number of halogens is 6. The van der Waals surface area contributed by atoms with Crippen LogP contribution in [0.5, 0.6) is 0 Å². The second-order valence-electron chi connectivity index (χ2n) is 10.8. The van der Waals surface area contributed by atoms with Gasteiger partial charge in [-0.05, 0) is 70.8 Å². The van der Waals surface area contributed by atoms with Gasteiger partial charge in [0.15, 0.2) is 5.76 Å². The van der Waals surface area contributed by atoms with Crippen LogP contribution < -0.4 is 0 Å². The van der Waals surface area contributed by atoms with Crippen LogP contribution in [0.1, 0.15) is 67.5 Å². The number of alkyl halides is 6. The fourth-order valence-electron chi connectivity index (χ4n) is 6.03. The summed E-state index contributed by atoms with van der Waals surface area (Å²) in [6.07, 6.45) is -10.9. The molecule has 2 aliphatic rings. The van der Waals surface area contributed by atoms with E-state index in [2.05, 4.69) is 9.47 Å². The van der Waals surface area contributed by atoms with Gasteiger partial charge in [-0.15, -0.1) is 26.3 Å². The van der Waals surface area contributed by atoms with Gasteiger partial charge in [0.1, 0.15) is 29.5 Å². The first kappa shape index (κ1) is 35.3. The number of nitrogens with zero attached hydrogens (tertiary/aromatic N) is 8. The van der Waals surface area contributed by atoms with Gasteiger partial charge >= 0.3 is 12.7 Å². The van der Waals surface area contributed by atoms with Crippen molar-refractivity contribution < 1.29 is 35.8 Å². The minimum Gasteiger partial charge on any atom is -0.408 e. The van der Waals surface area contributed by atoms with E-state index in [0.29, 0.717) is 0 Å². The van der Waals surface area contributed by atoms with Crippen LogP contribution in [0.25, 0.3) is 22.3 Å². The third-order valence-electron chi connectivity index (χ3n) is 7.87. The molecule has 2 unspecified atom stereocenters. The summed E-state index contributed by atoms with van der Waals surface area (Å²) < 4.78 is 92.0. The highest BCUT2D eigenvalue weighted by atomic mass is 19.4. The maximum Gasteiger partial charge on any atom is 0.573 e. The van der Waals surface area contributed by atoms with E-state index in [9.17, 15) is 68.4 Å². The molecule has 0 heterocycles. The maximum absolute atomic E-state index is 13.9. The van der Waals surface area contributed by atoms with Crippen molar-refractivity contribution >= 4 is 22.3 Å². The molecular weight excluding hydrogens is 690 g/mol. The third kappa shape index (κ3) is 6.28. The summed E-state index contributed by atoms with van der Waals surface area (Å²) in [7, 11) is 0. The molecule has 5 rings (SSSR count). The molecule has 248 valence electrons. The van der Waals surface area contributed by atoms with E-state index in [4.69, 9.17) is 0 Å². The van der Waals surface area contributed by atoms with Crippen LogP contribution in [-0.4, -0.2) is 12.7 Å². The highest BCUT2D eigenvalue weighted by Gasteiger charge is 2.47. The molecule has 0 bridgehead atoms. The largest absolute Gasteiger partial charge is 0.573 e. The summed E-state index contributed by atoms with van der Waals surface area (Å²) in [5.74, 6) is -5.89. The Morgan fingerprint density at radius 2 is 1.10 bits per heavy atom. The summed E-state index contributed by atoms with van der Waals surface area (Å²) in [5, 5.41) is 78.9. The predicted molar refractivity (Wildman–Crippen MR) is 161 cm³/mol. The average molecular weight is 701 g/mol.